The van der Waals surface area contributed by atoms with Crippen molar-refractivity contribution in [3.05, 3.63) is 0 Å². The van der Waals surface area contributed by atoms with Crippen molar-refractivity contribution in [3.63, 3.8) is 0 Å². The normalized spacial score (nSPS) is 12.7. The molecule has 0 saturated heterocycles. The molecule has 0 aromatic rings. The standard InChI is InChI=1S/C42H80NO11P.Na/c1-3-5-7-9-11-13-15-17-19-21-23-25-27-32-41(47)51-36-38(37-53-55(49,50)52-35-34-43-39(44)30-29-31-40(45)46)54-42(48)33-28-26-24-22-20-18-16-14-12-10-8-6-4-2;/h38H,3-37H2,1-2H3,(H,43,44)(H,45,46)(H,49,50);/q;+1/p-1. The van der Waals surface area contributed by atoms with Crippen LogP contribution in [0.15, 0.2) is 0 Å². The van der Waals surface area contributed by atoms with Crippen molar-refractivity contribution < 1.29 is 81.8 Å². The minimum atomic E-state index is -4.84. The number of unbranched alkanes of at least 4 members (excludes halogenated alkanes) is 24. The van der Waals surface area contributed by atoms with E-state index < -0.39 is 51.0 Å². The van der Waals surface area contributed by atoms with E-state index >= 15 is 0 Å². The topological polar surface area (TPSA) is 178 Å². The fraction of sp³-hybridized carbons (Fsp3) is 0.905. The van der Waals surface area contributed by atoms with Gasteiger partial charge in [-0.05, 0) is 19.3 Å². The van der Waals surface area contributed by atoms with Crippen LogP contribution in [-0.4, -0.2) is 61.4 Å². The number of amides is 1. The molecule has 0 spiro atoms. The van der Waals surface area contributed by atoms with Gasteiger partial charge in [0.2, 0.25) is 5.91 Å². The Morgan fingerprint density at radius 2 is 0.964 bits per heavy atom. The van der Waals surface area contributed by atoms with Gasteiger partial charge in [0, 0.05) is 32.2 Å². The average Bonchev–Trinajstić information content (AvgIpc) is 3.15. The summed E-state index contributed by atoms with van der Waals surface area (Å²) in [7, 11) is -4.84. The summed E-state index contributed by atoms with van der Waals surface area (Å²) in [4.78, 5) is 59.8. The molecule has 0 rings (SSSR count). The van der Waals surface area contributed by atoms with Crippen LogP contribution in [0.1, 0.15) is 213 Å². The van der Waals surface area contributed by atoms with E-state index in [9.17, 15) is 28.6 Å². The quantitative estimate of drug-likeness (QED) is 0.0274. The summed E-state index contributed by atoms with van der Waals surface area (Å²) in [6.45, 7) is 3.01. The van der Waals surface area contributed by atoms with Gasteiger partial charge in [-0.2, -0.15) is 0 Å². The molecule has 12 nitrogen and oxygen atoms in total. The molecule has 14 heteroatoms. The van der Waals surface area contributed by atoms with Gasteiger partial charge >= 0.3 is 47.5 Å². The third kappa shape index (κ3) is 42.6. The van der Waals surface area contributed by atoms with Gasteiger partial charge in [0.1, 0.15) is 6.61 Å². The zero-order valence-corrected chi connectivity index (χ0v) is 38.7. The summed E-state index contributed by atoms with van der Waals surface area (Å²) in [5, 5.41) is 11.1. The monoisotopic (exact) mass is 828 g/mol. The maximum absolute atomic E-state index is 12.7. The number of carbonyl (C=O) groups excluding carboxylic acids is 3. The molecule has 324 valence electrons. The summed E-state index contributed by atoms with van der Waals surface area (Å²) in [6, 6.07) is 0. The van der Waals surface area contributed by atoms with Crippen LogP contribution in [0.3, 0.4) is 0 Å². The Kier molecular flexibility index (Phi) is 42.9. The summed E-state index contributed by atoms with van der Waals surface area (Å²) >= 11 is 0. The van der Waals surface area contributed by atoms with Crippen LogP contribution in [0.5, 0.6) is 0 Å². The van der Waals surface area contributed by atoms with Crippen LogP contribution in [-0.2, 0) is 42.3 Å². The van der Waals surface area contributed by atoms with Crippen molar-refractivity contribution in [2.45, 2.75) is 219 Å². The van der Waals surface area contributed by atoms with E-state index in [1.54, 1.807) is 0 Å². The summed E-state index contributed by atoms with van der Waals surface area (Å²) in [6.07, 6.45) is 30.1. The second-order valence-electron chi connectivity index (χ2n) is 15.0. The van der Waals surface area contributed by atoms with Crippen molar-refractivity contribution in [1.82, 2.24) is 5.32 Å². The molecular formula is C42H79NNaO11P. The number of ether oxygens (including phenoxy) is 2. The van der Waals surface area contributed by atoms with Crippen molar-refractivity contribution in [1.29, 1.82) is 0 Å². The molecule has 0 aliphatic carbocycles. The minimum Gasteiger partial charge on any atom is -0.756 e. The Balaban J connectivity index is 0. The van der Waals surface area contributed by atoms with Crippen LogP contribution < -0.4 is 39.8 Å². The van der Waals surface area contributed by atoms with Gasteiger partial charge in [-0.15, -0.1) is 0 Å². The number of hydrogen-bond donors (Lipinski definition) is 2. The number of rotatable bonds is 42. The van der Waals surface area contributed by atoms with Crippen LogP contribution >= 0.6 is 7.82 Å². The fourth-order valence-corrected chi connectivity index (χ4v) is 6.98. The molecule has 0 radical (unpaired) electrons. The van der Waals surface area contributed by atoms with Gasteiger partial charge < -0.3 is 33.8 Å². The van der Waals surface area contributed by atoms with E-state index in [-0.39, 0.29) is 74.8 Å². The number of carboxylic acid groups (broad SMARTS) is 1. The van der Waals surface area contributed by atoms with Crippen LogP contribution in [0.2, 0.25) is 0 Å². The van der Waals surface area contributed by atoms with E-state index in [1.165, 1.54) is 116 Å². The molecule has 0 aromatic heterocycles. The molecule has 0 aliphatic rings. The number of carboxylic acids is 1. The van der Waals surface area contributed by atoms with Gasteiger partial charge in [-0.3, -0.25) is 23.7 Å². The van der Waals surface area contributed by atoms with Crippen molar-refractivity contribution >= 4 is 31.6 Å². The molecule has 0 aromatic carbocycles. The number of phosphoric ester groups is 1. The van der Waals surface area contributed by atoms with Gasteiger partial charge in [0.25, 0.3) is 7.82 Å². The second-order valence-corrected chi connectivity index (χ2v) is 16.4. The maximum Gasteiger partial charge on any atom is 1.00 e. The molecule has 56 heavy (non-hydrogen) atoms. The van der Waals surface area contributed by atoms with Gasteiger partial charge in [0.05, 0.1) is 13.2 Å². The number of esters is 2. The Labute approximate surface area is 362 Å². The molecule has 0 saturated carbocycles. The molecule has 2 unspecified atom stereocenters. The Morgan fingerprint density at radius 3 is 1.39 bits per heavy atom. The molecule has 0 heterocycles. The first-order chi connectivity index (χ1) is 26.6. The van der Waals surface area contributed by atoms with E-state index in [1.807, 2.05) is 0 Å². The molecule has 0 aliphatic heterocycles. The average molecular weight is 828 g/mol. The largest absolute Gasteiger partial charge is 1.00 e. The van der Waals surface area contributed by atoms with Crippen LogP contribution in [0.25, 0.3) is 0 Å². The third-order valence-corrected chi connectivity index (χ3v) is 10.5. The van der Waals surface area contributed by atoms with E-state index in [4.69, 9.17) is 23.6 Å². The first kappa shape index (κ1) is 57.1. The molecule has 1 amide bonds. The third-order valence-electron chi connectivity index (χ3n) is 9.58. The number of aliphatic carboxylic acids is 1. The predicted molar refractivity (Wildman–Crippen MR) is 215 cm³/mol. The Hall–Kier alpha value is -1.01. The molecule has 2 N–H and O–H groups in total. The maximum atomic E-state index is 12.7. The number of carbonyl (C=O) groups is 4. The molecule has 2 atom stereocenters. The Bertz CT molecular complexity index is 1000. The number of nitrogens with one attached hydrogen (secondary N) is 1. The minimum absolute atomic E-state index is 0. The smallest absolute Gasteiger partial charge is 0.756 e. The van der Waals surface area contributed by atoms with Gasteiger partial charge in [-0.25, -0.2) is 0 Å². The number of phosphoric acid groups is 1. The SMILES string of the molecule is CCCCCCCCCCCCCCCC(=O)OCC(COP(=O)([O-])OCCNC(=O)CCCC(=O)O)OC(=O)CCCCCCCCCCCCCCC.[Na+]. The van der Waals surface area contributed by atoms with Crippen LogP contribution in [0, 0.1) is 0 Å². The summed E-state index contributed by atoms with van der Waals surface area (Å²) < 4.78 is 33.0. The molecular weight excluding hydrogens is 748 g/mol. The Morgan fingerprint density at radius 1 is 0.554 bits per heavy atom. The summed E-state index contributed by atoms with van der Waals surface area (Å²) in [5.74, 6) is -2.39. The van der Waals surface area contributed by atoms with Gasteiger partial charge in [0.15, 0.2) is 6.10 Å². The zero-order chi connectivity index (χ0) is 40.7. The van der Waals surface area contributed by atoms with Gasteiger partial charge in [-0.1, -0.05) is 168 Å². The summed E-state index contributed by atoms with van der Waals surface area (Å²) in [5.41, 5.74) is 0. The molecule has 0 bridgehead atoms. The van der Waals surface area contributed by atoms with Crippen molar-refractivity contribution in [3.8, 4) is 0 Å². The predicted octanol–water partition coefficient (Wildman–Crippen LogP) is 7.28. The zero-order valence-electron chi connectivity index (χ0n) is 35.8. The van der Waals surface area contributed by atoms with Crippen molar-refractivity contribution in [2.24, 2.45) is 0 Å². The fourth-order valence-electron chi connectivity index (χ4n) is 6.24. The van der Waals surface area contributed by atoms with Crippen LogP contribution in [0.4, 0.5) is 0 Å². The van der Waals surface area contributed by atoms with E-state index in [0.717, 1.165) is 38.5 Å². The van der Waals surface area contributed by atoms with Crippen molar-refractivity contribution in [2.75, 3.05) is 26.4 Å². The van der Waals surface area contributed by atoms with E-state index in [0.29, 0.717) is 12.8 Å². The first-order valence-electron chi connectivity index (χ1n) is 22.0. The number of hydrogen-bond acceptors (Lipinski definition) is 10. The first-order valence-corrected chi connectivity index (χ1v) is 23.5. The second kappa shape index (κ2) is 42.1. The molecule has 0 fully saturated rings. The van der Waals surface area contributed by atoms with E-state index in [2.05, 4.69) is 19.2 Å².